The molecule has 0 aromatic carbocycles. The van der Waals surface area contributed by atoms with Gasteiger partial charge >= 0.3 is 0 Å². The fourth-order valence-electron chi connectivity index (χ4n) is 3.57. The lowest BCUT2D eigenvalue weighted by Crippen LogP contribution is -2.51. The number of hydrogen-bond donors (Lipinski definition) is 2. The summed E-state index contributed by atoms with van der Waals surface area (Å²) in [6.07, 6.45) is 0.202. The van der Waals surface area contributed by atoms with E-state index < -0.39 is 20.7 Å². The van der Waals surface area contributed by atoms with Crippen LogP contribution in [0.5, 0.6) is 0 Å². The molecule has 0 aromatic heterocycles. The van der Waals surface area contributed by atoms with Gasteiger partial charge in [-0.1, -0.05) is 34.1 Å². The van der Waals surface area contributed by atoms with E-state index in [1.54, 1.807) is 0 Å². The molecule has 2 N–H and O–H groups in total. The molecule has 2 heterocycles. The van der Waals surface area contributed by atoms with Crippen LogP contribution in [-0.4, -0.2) is 55.3 Å². The van der Waals surface area contributed by atoms with Crippen molar-refractivity contribution in [1.29, 1.82) is 0 Å². The molecule has 6 heteroatoms. The Balaban J connectivity index is 1.90. The number of hydrogen-bond acceptors (Lipinski definition) is 5. The van der Waals surface area contributed by atoms with E-state index in [9.17, 15) is 10.2 Å². The minimum Gasteiger partial charge on any atom is -0.407 e. The van der Waals surface area contributed by atoms with E-state index in [1.165, 1.54) is 0 Å². The molecular formula is C18H32O5Si. The Morgan fingerprint density at radius 2 is 1.83 bits per heavy atom. The van der Waals surface area contributed by atoms with Crippen LogP contribution in [0.4, 0.5) is 0 Å². The lowest BCUT2D eigenvalue weighted by Gasteiger charge is -2.44. The second kappa shape index (κ2) is 6.18. The maximum atomic E-state index is 10.6. The zero-order valence-electron chi connectivity index (χ0n) is 15.7. The summed E-state index contributed by atoms with van der Waals surface area (Å²) in [7, 11) is -2.03. The zero-order valence-corrected chi connectivity index (χ0v) is 16.7. The Hall–Kier alpha value is -0.243. The number of fused-ring (bicyclic) bond motifs is 1. The first-order chi connectivity index (χ1) is 11.1. The summed E-state index contributed by atoms with van der Waals surface area (Å²) in [6, 6.07) is 0. The first-order valence-corrected chi connectivity index (χ1v) is 12.1. The molecule has 3 aliphatic rings. The van der Waals surface area contributed by atoms with Crippen molar-refractivity contribution in [3.63, 3.8) is 0 Å². The second-order valence-electron chi connectivity index (χ2n) is 8.89. The van der Waals surface area contributed by atoms with Gasteiger partial charge in [0.2, 0.25) is 0 Å². The molecule has 1 saturated heterocycles. The van der Waals surface area contributed by atoms with Crippen LogP contribution < -0.4 is 0 Å². The summed E-state index contributed by atoms with van der Waals surface area (Å²) in [4.78, 5) is 0. The maximum Gasteiger partial charge on any atom is 0.193 e. The van der Waals surface area contributed by atoms with E-state index in [1.807, 2.05) is 0 Å². The van der Waals surface area contributed by atoms with Crippen LogP contribution in [0.15, 0.2) is 11.1 Å². The Labute approximate surface area is 146 Å². The van der Waals surface area contributed by atoms with Gasteiger partial charge in [-0.2, -0.15) is 0 Å². The molecule has 5 nitrogen and oxygen atoms in total. The van der Waals surface area contributed by atoms with Crippen molar-refractivity contribution >= 4 is 8.32 Å². The summed E-state index contributed by atoms with van der Waals surface area (Å²) in [5.74, 6) is 0. The normalized spacial score (nSPS) is 39.5. The van der Waals surface area contributed by atoms with Gasteiger partial charge in [-0.15, -0.1) is 0 Å². The number of rotatable bonds is 4. The highest BCUT2D eigenvalue weighted by molar-refractivity contribution is 6.74. The molecular weight excluding hydrogens is 324 g/mol. The summed E-state index contributed by atoms with van der Waals surface area (Å²) >= 11 is 0. The number of aliphatic hydroxyl groups is 2. The van der Waals surface area contributed by atoms with Gasteiger partial charge in [-0.25, -0.2) is 0 Å². The topological polar surface area (TPSA) is 71.5 Å². The van der Waals surface area contributed by atoms with E-state index in [-0.39, 0.29) is 29.5 Å². The third-order valence-electron chi connectivity index (χ3n) is 6.08. The molecule has 0 saturated carbocycles. The lowest BCUT2D eigenvalue weighted by molar-refractivity contribution is -0.135. The minimum absolute atomic E-state index is 0.0396. The molecule has 24 heavy (non-hydrogen) atoms. The molecule has 1 unspecified atom stereocenters. The fourth-order valence-corrected chi connectivity index (χ4v) is 4.82. The van der Waals surface area contributed by atoms with Crippen LogP contribution in [0.3, 0.4) is 0 Å². The third-order valence-corrected chi connectivity index (χ3v) is 10.5. The number of epoxide rings is 1. The van der Waals surface area contributed by atoms with E-state index >= 15 is 0 Å². The molecule has 1 aliphatic carbocycles. The smallest absolute Gasteiger partial charge is 0.193 e. The van der Waals surface area contributed by atoms with Gasteiger partial charge < -0.3 is 24.1 Å². The first-order valence-electron chi connectivity index (χ1n) is 9.14. The lowest BCUT2D eigenvalue weighted by atomic mass is 9.82. The second-order valence-corrected chi connectivity index (χ2v) is 13.6. The van der Waals surface area contributed by atoms with E-state index in [4.69, 9.17) is 13.9 Å². The fraction of sp³-hybridized carbons (Fsp3) is 0.889. The predicted molar refractivity (Wildman–Crippen MR) is 94.2 cm³/mol. The number of ether oxygens (including phenoxy) is 2. The highest BCUT2D eigenvalue weighted by Crippen LogP contribution is 2.49. The molecule has 3 rings (SSSR count). The molecule has 138 valence electrons. The first kappa shape index (κ1) is 18.5. The Kier molecular flexibility index (Phi) is 4.77. The van der Waals surface area contributed by atoms with E-state index in [2.05, 4.69) is 40.8 Å². The zero-order chi connectivity index (χ0) is 17.9. The van der Waals surface area contributed by atoms with Crippen molar-refractivity contribution in [2.24, 2.45) is 0 Å². The van der Waals surface area contributed by atoms with Crippen LogP contribution >= 0.6 is 0 Å². The Morgan fingerprint density at radius 3 is 2.42 bits per heavy atom. The van der Waals surface area contributed by atoms with Crippen LogP contribution in [0, 0.1) is 0 Å². The average Bonchev–Trinajstić information content (AvgIpc) is 3.23. The standard InChI is InChI=1S/C18H32O5Si/c1-7-8-10-9-11-12(17(20)21-10)14(16-15(22-16)13(11)19)23-24(5,6)18(2,3)4/h10,13-17,19-20H,7-9H2,1-6H3/t10-,13-,14+,15+,16-,17?/m0/s1. The van der Waals surface area contributed by atoms with Crippen LogP contribution in [0.2, 0.25) is 18.1 Å². The number of aliphatic hydroxyl groups excluding tert-OH is 2. The van der Waals surface area contributed by atoms with Gasteiger partial charge in [-0.05, 0) is 36.5 Å². The van der Waals surface area contributed by atoms with Crippen molar-refractivity contribution < 1.29 is 24.1 Å². The summed E-state index contributed by atoms with van der Waals surface area (Å²) in [5.41, 5.74) is 1.60. The largest absolute Gasteiger partial charge is 0.407 e. The molecule has 0 bridgehead atoms. The average molecular weight is 357 g/mol. The van der Waals surface area contributed by atoms with Gasteiger partial charge in [0.15, 0.2) is 14.6 Å². The molecule has 0 amide bonds. The third kappa shape index (κ3) is 3.13. The molecule has 6 atom stereocenters. The quantitative estimate of drug-likeness (QED) is 0.460. The van der Waals surface area contributed by atoms with Crippen LogP contribution in [0.25, 0.3) is 0 Å². The Morgan fingerprint density at radius 1 is 1.17 bits per heavy atom. The van der Waals surface area contributed by atoms with E-state index in [0.29, 0.717) is 6.42 Å². The van der Waals surface area contributed by atoms with Crippen LogP contribution in [0.1, 0.15) is 47.0 Å². The highest BCUT2D eigenvalue weighted by Gasteiger charge is 2.60. The van der Waals surface area contributed by atoms with Gasteiger partial charge in [0.25, 0.3) is 0 Å². The molecule has 0 aromatic rings. The van der Waals surface area contributed by atoms with Crippen molar-refractivity contribution in [2.75, 3.05) is 0 Å². The van der Waals surface area contributed by atoms with Gasteiger partial charge in [-0.3, -0.25) is 0 Å². The van der Waals surface area contributed by atoms with Crippen molar-refractivity contribution in [1.82, 2.24) is 0 Å². The van der Waals surface area contributed by atoms with Crippen LogP contribution in [-0.2, 0) is 13.9 Å². The molecule has 2 aliphatic heterocycles. The Bertz CT molecular complexity index is 524. The summed E-state index contributed by atoms with van der Waals surface area (Å²) in [6.45, 7) is 13.1. The molecule has 1 fully saturated rings. The maximum absolute atomic E-state index is 10.6. The predicted octanol–water partition coefficient (Wildman–Crippen LogP) is 2.72. The highest BCUT2D eigenvalue weighted by atomic mass is 28.4. The SMILES string of the molecule is CCC[C@H]1CC2=C(C(O)O1)[C@@H](O[Si](C)(C)C(C)(C)C)[C@@H]1O[C@@H]1[C@H]2O. The van der Waals surface area contributed by atoms with Gasteiger partial charge in [0, 0.05) is 5.57 Å². The summed E-state index contributed by atoms with van der Waals surface area (Å²) < 4.78 is 18.1. The minimum atomic E-state index is -2.03. The molecule has 0 radical (unpaired) electrons. The van der Waals surface area contributed by atoms with Crippen molar-refractivity contribution in [3.05, 3.63) is 11.1 Å². The summed E-state index contributed by atoms with van der Waals surface area (Å²) in [5, 5.41) is 21.3. The van der Waals surface area contributed by atoms with Gasteiger partial charge in [0.1, 0.15) is 24.4 Å². The van der Waals surface area contributed by atoms with Crippen molar-refractivity contribution in [3.8, 4) is 0 Å². The van der Waals surface area contributed by atoms with Gasteiger partial charge in [0.05, 0.1) is 6.10 Å². The molecule has 0 spiro atoms. The van der Waals surface area contributed by atoms with Crippen molar-refractivity contribution in [2.45, 2.75) is 102 Å². The monoisotopic (exact) mass is 356 g/mol. The van der Waals surface area contributed by atoms with E-state index in [0.717, 1.165) is 24.0 Å².